The first-order valence-electron chi connectivity index (χ1n) is 8.36. The Bertz CT molecular complexity index is 586. The summed E-state index contributed by atoms with van der Waals surface area (Å²) in [5.74, 6) is -2.53. The summed E-state index contributed by atoms with van der Waals surface area (Å²) in [5.41, 5.74) is 0. The van der Waals surface area contributed by atoms with Crippen molar-refractivity contribution < 1.29 is 48.3 Å². The van der Waals surface area contributed by atoms with Crippen LogP contribution in [-0.2, 0) is 38.1 Å². The Morgan fingerprint density at radius 3 is 2.11 bits per heavy atom. The number of carbonyl (C=O) groups excluding carboxylic acids is 4. The predicted molar refractivity (Wildman–Crippen MR) is 94.9 cm³/mol. The summed E-state index contributed by atoms with van der Waals surface area (Å²) in [6.45, 7) is 2.72. The van der Waals surface area contributed by atoms with Crippen molar-refractivity contribution in [2.24, 2.45) is 0 Å². The van der Waals surface area contributed by atoms with Crippen LogP contribution in [0.15, 0.2) is 0 Å². The minimum atomic E-state index is -1.57. The molecule has 0 saturated carbocycles. The summed E-state index contributed by atoms with van der Waals surface area (Å²) in [7, 11) is 1.22. The van der Waals surface area contributed by atoms with Gasteiger partial charge in [0, 0.05) is 26.5 Å². The Kier molecular flexibility index (Phi) is 9.65. The van der Waals surface area contributed by atoms with Gasteiger partial charge in [0.15, 0.2) is 12.2 Å². The molecule has 1 saturated heterocycles. The van der Waals surface area contributed by atoms with Crippen LogP contribution in [0.25, 0.3) is 0 Å². The van der Waals surface area contributed by atoms with Crippen molar-refractivity contribution in [2.45, 2.75) is 56.6 Å². The minimum absolute atomic E-state index is 0.287. The SMILES string of the molecule is COC(=O)C1CSC(C(O)C(OC(C)=O)C(OC(C)=O)C(O)COC(C)=O)N1. The minimum Gasteiger partial charge on any atom is -0.468 e. The van der Waals surface area contributed by atoms with Gasteiger partial charge in [0.05, 0.1) is 12.5 Å². The van der Waals surface area contributed by atoms with Gasteiger partial charge in [-0.25, -0.2) is 0 Å². The fourth-order valence-corrected chi connectivity index (χ4v) is 3.76. The number of hydrogen-bond acceptors (Lipinski definition) is 12. The maximum atomic E-state index is 11.6. The van der Waals surface area contributed by atoms with E-state index in [-0.39, 0.29) is 5.75 Å². The zero-order chi connectivity index (χ0) is 21.4. The molecule has 1 heterocycles. The summed E-state index contributed by atoms with van der Waals surface area (Å²) in [4.78, 5) is 45.6. The molecule has 28 heavy (non-hydrogen) atoms. The first-order chi connectivity index (χ1) is 13.1. The van der Waals surface area contributed by atoms with Crippen LogP contribution < -0.4 is 5.32 Å². The smallest absolute Gasteiger partial charge is 0.323 e. The zero-order valence-corrected chi connectivity index (χ0v) is 16.8. The molecule has 0 aliphatic carbocycles. The van der Waals surface area contributed by atoms with E-state index in [0.717, 1.165) is 32.5 Å². The van der Waals surface area contributed by atoms with Gasteiger partial charge in [0.2, 0.25) is 0 Å². The highest BCUT2D eigenvalue weighted by Crippen LogP contribution is 2.27. The molecular formula is C16H25NO10S. The number of thioether (sulfide) groups is 1. The van der Waals surface area contributed by atoms with Crippen molar-refractivity contribution in [1.29, 1.82) is 0 Å². The van der Waals surface area contributed by atoms with Crippen LogP contribution in [-0.4, -0.2) is 89.4 Å². The highest BCUT2D eigenvalue weighted by atomic mass is 32.2. The molecule has 0 aromatic rings. The summed E-state index contributed by atoms with van der Waals surface area (Å²) in [6.07, 6.45) is -6.06. The van der Waals surface area contributed by atoms with E-state index < -0.39 is 66.3 Å². The first-order valence-corrected chi connectivity index (χ1v) is 9.41. The third kappa shape index (κ3) is 7.26. The van der Waals surface area contributed by atoms with Crippen LogP contribution in [0.2, 0.25) is 0 Å². The average Bonchev–Trinajstić information content (AvgIpc) is 3.10. The van der Waals surface area contributed by atoms with Crippen molar-refractivity contribution in [3.05, 3.63) is 0 Å². The molecule has 1 aliphatic heterocycles. The number of esters is 4. The largest absolute Gasteiger partial charge is 0.468 e. The molecule has 11 nitrogen and oxygen atoms in total. The average molecular weight is 423 g/mol. The predicted octanol–water partition coefficient (Wildman–Crippen LogP) is -1.66. The Labute approximate surface area is 166 Å². The third-order valence-corrected chi connectivity index (χ3v) is 5.00. The second-order valence-corrected chi connectivity index (χ2v) is 7.18. The van der Waals surface area contributed by atoms with Crippen molar-refractivity contribution in [2.75, 3.05) is 19.5 Å². The van der Waals surface area contributed by atoms with Gasteiger partial charge in [-0.1, -0.05) is 0 Å². The van der Waals surface area contributed by atoms with Crippen LogP contribution in [0.1, 0.15) is 20.8 Å². The van der Waals surface area contributed by atoms with E-state index in [1.807, 2.05) is 0 Å². The number of aliphatic hydroxyl groups excluding tert-OH is 2. The second-order valence-electron chi connectivity index (χ2n) is 6.00. The Morgan fingerprint density at radius 1 is 1.04 bits per heavy atom. The van der Waals surface area contributed by atoms with Crippen LogP contribution in [0.3, 0.4) is 0 Å². The number of rotatable bonds is 9. The van der Waals surface area contributed by atoms with Crippen molar-refractivity contribution in [3.8, 4) is 0 Å². The fraction of sp³-hybridized carbons (Fsp3) is 0.750. The lowest BCUT2D eigenvalue weighted by Crippen LogP contribution is -2.56. The van der Waals surface area contributed by atoms with Gasteiger partial charge in [-0.2, -0.15) is 0 Å². The summed E-state index contributed by atoms with van der Waals surface area (Å²) >= 11 is 1.16. The normalized spacial score (nSPS) is 23.1. The van der Waals surface area contributed by atoms with Crippen LogP contribution in [0, 0.1) is 0 Å². The summed E-state index contributed by atoms with van der Waals surface area (Å²) in [6, 6.07) is -0.689. The molecule has 0 aromatic carbocycles. The van der Waals surface area contributed by atoms with E-state index in [9.17, 15) is 29.4 Å². The molecule has 0 amide bonds. The zero-order valence-electron chi connectivity index (χ0n) is 15.9. The van der Waals surface area contributed by atoms with E-state index in [0.29, 0.717) is 0 Å². The lowest BCUT2D eigenvalue weighted by molar-refractivity contribution is -0.190. The maximum absolute atomic E-state index is 11.6. The number of aliphatic hydroxyl groups is 2. The second kappa shape index (κ2) is 11.2. The lowest BCUT2D eigenvalue weighted by atomic mass is 10.0. The standard InChI is InChI=1S/C16H25NO10S/c1-7(18)25-5-11(21)13(26-8(2)19)14(27-9(3)20)12(22)15-17-10(6-28-15)16(23)24-4/h10-15,17,21-22H,5-6H2,1-4H3. The molecule has 1 fully saturated rings. The molecular weight excluding hydrogens is 398 g/mol. The van der Waals surface area contributed by atoms with Gasteiger partial charge in [-0.3, -0.25) is 24.5 Å². The lowest BCUT2D eigenvalue weighted by Gasteiger charge is -2.34. The van der Waals surface area contributed by atoms with Gasteiger partial charge in [-0.15, -0.1) is 11.8 Å². The number of hydrogen-bond donors (Lipinski definition) is 3. The van der Waals surface area contributed by atoms with Crippen LogP contribution >= 0.6 is 11.8 Å². The highest BCUT2D eigenvalue weighted by molar-refractivity contribution is 8.00. The van der Waals surface area contributed by atoms with Crippen LogP contribution in [0.5, 0.6) is 0 Å². The molecule has 0 radical (unpaired) electrons. The van der Waals surface area contributed by atoms with Crippen molar-refractivity contribution in [1.82, 2.24) is 5.32 Å². The molecule has 0 bridgehead atoms. The van der Waals surface area contributed by atoms with Gasteiger partial charge >= 0.3 is 23.9 Å². The molecule has 3 N–H and O–H groups in total. The number of methoxy groups -OCH3 is 1. The molecule has 0 aromatic heterocycles. The first kappa shape index (κ1) is 24.1. The van der Waals surface area contributed by atoms with Crippen LogP contribution in [0.4, 0.5) is 0 Å². The van der Waals surface area contributed by atoms with Gasteiger partial charge in [0.1, 0.15) is 24.9 Å². The maximum Gasteiger partial charge on any atom is 0.323 e. The van der Waals surface area contributed by atoms with Gasteiger partial charge in [-0.05, 0) is 0 Å². The molecule has 6 atom stereocenters. The number of carbonyl (C=O) groups is 4. The van der Waals surface area contributed by atoms with E-state index in [4.69, 9.17) is 14.2 Å². The van der Waals surface area contributed by atoms with Crippen molar-refractivity contribution in [3.63, 3.8) is 0 Å². The Hall–Kier alpha value is -1.89. The monoisotopic (exact) mass is 423 g/mol. The number of nitrogens with one attached hydrogen (secondary N) is 1. The highest BCUT2D eigenvalue weighted by Gasteiger charge is 2.45. The van der Waals surface area contributed by atoms with E-state index in [1.165, 1.54) is 7.11 Å². The quantitative estimate of drug-likeness (QED) is 0.287. The molecule has 0 spiro atoms. The fourth-order valence-electron chi connectivity index (χ4n) is 2.52. The third-order valence-electron chi connectivity index (χ3n) is 3.70. The molecule has 160 valence electrons. The summed E-state index contributed by atoms with van der Waals surface area (Å²) in [5, 5.41) is 23.1. The topological polar surface area (TPSA) is 158 Å². The Balaban J connectivity index is 3.02. The van der Waals surface area contributed by atoms with E-state index in [1.54, 1.807) is 0 Å². The summed E-state index contributed by atoms with van der Waals surface area (Å²) < 4.78 is 19.5. The molecule has 1 aliphatic rings. The number of ether oxygens (including phenoxy) is 4. The molecule has 1 rings (SSSR count). The Morgan fingerprint density at radius 2 is 1.61 bits per heavy atom. The van der Waals surface area contributed by atoms with E-state index >= 15 is 0 Å². The molecule has 6 unspecified atom stereocenters. The molecule has 12 heteroatoms. The van der Waals surface area contributed by atoms with Crippen molar-refractivity contribution >= 4 is 35.6 Å². The van der Waals surface area contributed by atoms with Gasteiger partial charge < -0.3 is 29.2 Å². The van der Waals surface area contributed by atoms with E-state index in [2.05, 4.69) is 10.1 Å². The van der Waals surface area contributed by atoms with Gasteiger partial charge in [0.25, 0.3) is 0 Å².